The standard InChI is InChI=1S/C17H32N2O2/c1-12(2)16(18)17(20)19-10-8-15(9-11-19)21-14-6-4-13(3)5-7-14/h12-16H,4-11,18H2,1-3H3/t13?,14?,16-/m0/s1. The van der Waals surface area contributed by atoms with E-state index in [0.717, 1.165) is 31.8 Å². The van der Waals surface area contributed by atoms with E-state index in [1.54, 1.807) is 0 Å². The molecule has 2 aliphatic rings. The van der Waals surface area contributed by atoms with Crippen LogP contribution >= 0.6 is 0 Å². The van der Waals surface area contributed by atoms with Crippen LogP contribution < -0.4 is 5.73 Å². The molecular weight excluding hydrogens is 264 g/mol. The van der Waals surface area contributed by atoms with E-state index >= 15 is 0 Å². The van der Waals surface area contributed by atoms with Crippen LogP contribution in [-0.4, -0.2) is 42.1 Å². The summed E-state index contributed by atoms with van der Waals surface area (Å²) in [6, 6.07) is -0.359. The van der Waals surface area contributed by atoms with Crippen molar-refractivity contribution >= 4 is 5.91 Å². The predicted octanol–water partition coefficient (Wildman–Crippen LogP) is 2.56. The molecule has 4 nitrogen and oxygen atoms in total. The number of ether oxygens (including phenoxy) is 1. The van der Waals surface area contributed by atoms with Crippen molar-refractivity contribution in [3.05, 3.63) is 0 Å². The fraction of sp³-hybridized carbons (Fsp3) is 0.941. The second kappa shape index (κ2) is 7.59. The molecule has 122 valence electrons. The molecule has 1 aliphatic carbocycles. The molecule has 0 aromatic heterocycles. The lowest BCUT2D eigenvalue weighted by Gasteiger charge is -2.37. The average molecular weight is 296 g/mol. The Hall–Kier alpha value is -0.610. The van der Waals surface area contributed by atoms with Crippen LogP contribution in [0.3, 0.4) is 0 Å². The number of nitrogens with zero attached hydrogens (tertiary/aromatic N) is 1. The maximum Gasteiger partial charge on any atom is 0.239 e. The van der Waals surface area contributed by atoms with Gasteiger partial charge in [0, 0.05) is 13.1 Å². The second-order valence-corrected chi connectivity index (χ2v) is 7.31. The van der Waals surface area contributed by atoms with Crippen LogP contribution in [0.15, 0.2) is 0 Å². The van der Waals surface area contributed by atoms with Crippen molar-refractivity contribution in [2.45, 2.75) is 77.5 Å². The second-order valence-electron chi connectivity index (χ2n) is 7.31. The first kappa shape index (κ1) is 16.8. The van der Waals surface area contributed by atoms with Gasteiger partial charge in [0.2, 0.25) is 5.91 Å². The fourth-order valence-corrected chi connectivity index (χ4v) is 3.35. The van der Waals surface area contributed by atoms with E-state index in [4.69, 9.17) is 10.5 Å². The van der Waals surface area contributed by atoms with Crippen molar-refractivity contribution in [3.8, 4) is 0 Å². The highest BCUT2D eigenvalue weighted by Crippen LogP contribution is 2.28. The Bertz CT molecular complexity index is 330. The first-order valence-electron chi connectivity index (χ1n) is 8.67. The largest absolute Gasteiger partial charge is 0.375 e. The zero-order chi connectivity index (χ0) is 15.4. The number of hydrogen-bond acceptors (Lipinski definition) is 3. The van der Waals surface area contributed by atoms with E-state index < -0.39 is 0 Å². The highest BCUT2D eigenvalue weighted by Gasteiger charge is 2.29. The summed E-state index contributed by atoms with van der Waals surface area (Å²) in [4.78, 5) is 14.2. The van der Waals surface area contributed by atoms with E-state index in [9.17, 15) is 4.79 Å². The SMILES string of the molecule is CC1CCC(OC2CCN(C(=O)[C@@H](N)C(C)C)CC2)CC1. The predicted molar refractivity (Wildman–Crippen MR) is 84.9 cm³/mol. The normalized spacial score (nSPS) is 29.7. The van der Waals surface area contributed by atoms with Crippen LogP contribution in [0.4, 0.5) is 0 Å². The molecule has 2 rings (SSSR count). The van der Waals surface area contributed by atoms with Crippen molar-refractivity contribution in [2.24, 2.45) is 17.6 Å². The summed E-state index contributed by atoms with van der Waals surface area (Å²) in [5.74, 6) is 1.17. The zero-order valence-electron chi connectivity index (χ0n) is 13.9. The Morgan fingerprint density at radius 2 is 1.57 bits per heavy atom. The molecule has 1 atom stereocenters. The number of piperidine rings is 1. The number of amides is 1. The Kier molecular flexibility index (Phi) is 6.06. The monoisotopic (exact) mass is 296 g/mol. The van der Waals surface area contributed by atoms with Crippen molar-refractivity contribution < 1.29 is 9.53 Å². The molecule has 1 aliphatic heterocycles. The molecule has 21 heavy (non-hydrogen) atoms. The summed E-state index contributed by atoms with van der Waals surface area (Å²) in [7, 11) is 0. The van der Waals surface area contributed by atoms with Crippen molar-refractivity contribution in [1.82, 2.24) is 4.90 Å². The lowest BCUT2D eigenvalue weighted by Crippen LogP contribution is -2.50. The number of carbonyl (C=O) groups excluding carboxylic acids is 1. The molecule has 2 fully saturated rings. The third kappa shape index (κ3) is 4.68. The molecule has 0 aromatic carbocycles. The van der Waals surface area contributed by atoms with E-state index in [2.05, 4.69) is 6.92 Å². The van der Waals surface area contributed by atoms with Crippen LogP contribution in [0.5, 0.6) is 0 Å². The Balaban J connectivity index is 1.72. The molecule has 1 heterocycles. The summed E-state index contributed by atoms with van der Waals surface area (Å²) in [5, 5.41) is 0. The third-order valence-electron chi connectivity index (χ3n) is 5.10. The average Bonchev–Trinajstić information content (AvgIpc) is 2.49. The summed E-state index contributed by atoms with van der Waals surface area (Å²) in [6.07, 6.45) is 7.72. The van der Waals surface area contributed by atoms with Crippen LogP contribution in [-0.2, 0) is 9.53 Å². The lowest BCUT2D eigenvalue weighted by molar-refractivity contribution is -0.137. The maximum absolute atomic E-state index is 12.2. The minimum Gasteiger partial charge on any atom is -0.375 e. The van der Waals surface area contributed by atoms with Gasteiger partial charge in [-0.25, -0.2) is 0 Å². The number of rotatable bonds is 4. The summed E-state index contributed by atoms with van der Waals surface area (Å²) in [5.41, 5.74) is 5.97. The molecule has 0 spiro atoms. The van der Waals surface area contributed by atoms with Crippen molar-refractivity contribution in [2.75, 3.05) is 13.1 Å². The van der Waals surface area contributed by atoms with Gasteiger partial charge in [-0.1, -0.05) is 20.8 Å². The molecular formula is C17H32N2O2. The minimum atomic E-state index is -0.359. The zero-order valence-corrected chi connectivity index (χ0v) is 13.9. The molecule has 1 saturated carbocycles. The summed E-state index contributed by atoms with van der Waals surface area (Å²) >= 11 is 0. The Morgan fingerprint density at radius 1 is 1.05 bits per heavy atom. The van der Waals surface area contributed by atoms with Gasteiger partial charge >= 0.3 is 0 Å². The number of hydrogen-bond donors (Lipinski definition) is 1. The number of nitrogens with two attached hydrogens (primary N) is 1. The molecule has 2 N–H and O–H groups in total. The summed E-state index contributed by atoms with van der Waals surface area (Å²) < 4.78 is 6.25. The quantitative estimate of drug-likeness (QED) is 0.867. The van der Waals surface area contributed by atoms with Crippen LogP contribution in [0.2, 0.25) is 0 Å². The molecule has 0 unspecified atom stereocenters. The number of carbonyl (C=O) groups is 1. The third-order valence-corrected chi connectivity index (χ3v) is 5.10. The van der Waals surface area contributed by atoms with Gasteiger partial charge in [0.15, 0.2) is 0 Å². The van der Waals surface area contributed by atoms with Crippen LogP contribution in [0, 0.1) is 11.8 Å². The van der Waals surface area contributed by atoms with Crippen molar-refractivity contribution in [3.63, 3.8) is 0 Å². The first-order valence-corrected chi connectivity index (χ1v) is 8.67. The van der Waals surface area contributed by atoms with Gasteiger partial charge in [0.05, 0.1) is 18.2 Å². The Labute approximate surface area is 129 Å². The molecule has 4 heteroatoms. The van der Waals surface area contributed by atoms with E-state index in [1.165, 1.54) is 25.7 Å². The summed E-state index contributed by atoms with van der Waals surface area (Å²) in [6.45, 7) is 7.93. The first-order chi connectivity index (χ1) is 9.97. The van der Waals surface area contributed by atoms with Gasteiger partial charge in [0.25, 0.3) is 0 Å². The minimum absolute atomic E-state index is 0.106. The van der Waals surface area contributed by atoms with Gasteiger partial charge in [-0.3, -0.25) is 4.79 Å². The lowest BCUT2D eigenvalue weighted by atomic mass is 9.88. The van der Waals surface area contributed by atoms with Gasteiger partial charge < -0.3 is 15.4 Å². The molecule has 0 bridgehead atoms. The smallest absolute Gasteiger partial charge is 0.239 e. The molecule has 1 saturated heterocycles. The van der Waals surface area contributed by atoms with E-state index in [1.807, 2.05) is 18.7 Å². The number of likely N-dealkylation sites (tertiary alicyclic amines) is 1. The van der Waals surface area contributed by atoms with Gasteiger partial charge in [-0.15, -0.1) is 0 Å². The van der Waals surface area contributed by atoms with Gasteiger partial charge in [0.1, 0.15) is 0 Å². The van der Waals surface area contributed by atoms with E-state index in [-0.39, 0.29) is 17.9 Å². The topological polar surface area (TPSA) is 55.6 Å². The highest BCUT2D eigenvalue weighted by atomic mass is 16.5. The van der Waals surface area contributed by atoms with Crippen LogP contribution in [0.1, 0.15) is 59.3 Å². The van der Waals surface area contributed by atoms with Gasteiger partial charge in [-0.05, 0) is 50.4 Å². The fourth-order valence-electron chi connectivity index (χ4n) is 3.35. The molecule has 0 aromatic rings. The molecule has 0 radical (unpaired) electrons. The molecule has 1 amide bonds. The Morgan fingerprint density at radius 3 is 2.10 bits per heavy atom. The van der Waals surface area contributed by atoms with Gasteiger partial charge in [-0.2, -0.15) is 0 Å². The maximum atomic E-state index is 12.2. The van der Waals surface area contributed by atoms with Crippen LogP contribution in [0.25, 0.3) is 0 Å². The highest BCUT2D eigenvalue weighted by molar-refractivity contribution is 5.82. The van der Waals surface area contributed by atoms with Crippen molar-refractivity contribution in [1.29, 1.82) is 0 Å². The van der Waals surface area contributed by atoms with E-state index in [0.29, 0.717) is 12.2 Å².